The van der Waals surface area contributed by atoms with Crippen LogP contribution in [0.25, 0.3) is 4.85 Å². The molecule has 27 heavy (non-hydrogen) atoms. The number of hydrogen-bond donors (Lipinski definition) is 0. The molecule has 1 aliphatic carbocycles. The van der Waals surface area contributed by atoms with Gasteiger partial charge in [-0.2, -0.15) is 0 Å². The van der Waals surface area contributed by atoms with Gasteiger partial charge in [-0.1, -0.05) is 13.8 Å². The van der Waals surface area contributed by atoms with Crippen LogP contribution < -0.4 is 0 Å². The van der Waals surface area contributed by atoms with Gasteiger partial charge < -0.3 is 9.74 Å². The molecule has 2 aliphatic heterocycles. The maximum absolute atomic E-state index is 13.0. The molecule has 2 heterocycles. The summed E-state index contributed by atoms with van der Waals surface area (Å²) in [7, 11) is 0. The van der Waals surface area contributed by atoms with Crippen LogP contribution in [0.15, 0.2) is 0 Å². The second-order valence-corrected chi connectivity index (χ2v) is 9.58. The van der Waals surface area contributed by atoms with Gasteiger partial charge in [-0.15, -0.1) is 0 Å². The van der Waals surface area contributed by atoms with E-state index in [1.165, 1.54) is 25.7 Å². The molecule has 0 spiro atoms. The van der Waals surface area contributed by atoms with Crippen molar-refractivity contribution in [1.82, 2.24) is 14.7 Å². The van der Waals surface area contributed by atoms with Gasteiger partial charge >= 0.3 is 0 Å². The molecule has 152 valence electrons. The lowest BCUT2D eigenvalue weighted by atomic mass is 9.79. The molecule has 5 nitrogen and oxygen atoms in total. The van der Waals surface area contributed by atoms with E-state index < -0.39 is 0 Å². The van der Waals surface area contributed by atoms with Crippen LogP contribution in [0.5, 0.6) is 0 Å². The first-order chi connectivity index (χ1) is 12.9. The molecule has 0 unspecified atom stereocenters. The van der Waals surface area contributed by atoms with Crippen LogP contribution in [0.1, 0.15) is 53.4 Å². The minimum Gasteiger partial charge on any atom is -0.329 e. The first-order valence-electron chi connectivity index (χ1n) is 11.0. The molecule has 0 aromatic carbocycles. The summed E-state index contributed by atoms with van der Waals surface area (Å²) < 4.78 is 0. The molecule has 3 fully saturated rings. The minimum atomic E-state index is 0.0830. The SMILES string of the molecule is [C-]#[N+]C[C@H]1CN(C2CCC(C(C)C)CC2)CCN1C(=O)C1CN(C(C)C)C1. The van der Waals surface area contributed by atoms with Crippen molar-refractivity contribution in [3.8, 4) is 0 Å². The third-order valence-corrected chi connectivity index (χ3v) is 7.29. The Labute approximate surface area is 165 Å². The summed E-state index contributed by atoms with van der Waals surface area (Å²) in [6.45, 7) is 21.4. The fourth-order valence-corrected chi connectivity index (χ4v) is 5.22. The number of nitrogens with zero attached hydrogens (tertiary/aromatic N) is 4. The Hall–Kier alpha value is -1.12. The molecule has 1 amide bonds. The Morgan fingerprint density at radius 3 is 2.26 bits per heavy atom. The normalized spacial score (nSPS) is 31.1. The predicted molar refractivity (Wildman–Crippen MR) is 109 cm³/mol. The predicted octanol–water partition coefficient (Wildman–Crippen LogP) is 2.97. The van der Waals surface area contributed by atoms with E-state index in [4.69, 9.17) is 6.57 Å². The zero-order valence-electron chi connectivity index (χ0n) is 17.7. The smallest absolute Gasteiger partial charge is 0.236 e. The van der Waals surface area contributed by atoms with Crippen molar-refractivity contribution in [2.24, 2.45) is 17.8 Å². The summed E-state index contributed by atoms with van der Waals surface area (Å²) in [6, 6.07) is 1.26. The highest BCUT2D eigenvalue weighted by atomic mass is 16.2. The van der Waals surface area contributed by atoms with E-state index in [1.54, 1.807) is 0 Å². The Balaban J connectivity index is 1.54. The van der Waals surface area contributed by atoms with Crippen LogP contribution in [0.2, 0.25) is 0 Å². The molecule has 1 atom stereocenters. The van der Waals surface area contributed by atoms with E-state index in [9.17, 15) is 4.79 Å². The lowest BCUT2D eigenvalue weighted by molar-refractivity contribution is -0.147. The second-order valence-electron chi connectivity index (χ2n) is 9.58. The highest BCUT2D eigenvalue weighted by Gasteiger charge is 2.42. The van der Waals surface area contributed by atoms with E-state index in [2.05, 4.69) is 47.2 Å². The summed E-state index contributed by atoms with van der Waals surface area (Å²) in [6.07, 6.45) is 5.24. The highest BCUT2D eigenvalue weighted by molar-refractivity contribution is 5.80. The van der Waals surface area contributed by atoms with E-state index in [0.29, 0.717) is 24.5 Å². The average molecular weight is 375 g/mol. The number of carbonyl (C=O) groups excluding carboxylic acids is 1. The van der Waals surface area contributed by atoms with Gasteiger partial charge in [-0.25, -0.2) is 6.57 Å². The average Bonchev–Trinajstić information content (AvgIpc) is 2.60. The molecule has 0 N–H and O–H groups in total. The Morgan fingerprint density at radius 2 is 1.70 bits per heavy atom. The van der Waals surface area contributed by atoms with Gasteiger partial charge in [0, 0.05) is 44.8 Å². The highest BCUT2D eigenvalue weighted by Crippen LogP contribution is 2.33. The van der Waals surface area contributed by atoms with Gasteiger partial charge in [-0.05, 0) is 51.4 Å². The van der Waals surface area contributed by atoms with E-state index in [1.807, 2.05) is 0 Å². The topological polar surface area (TPSA) is 31.1 Å². The van der Waals surface area contributed by atoms with Crippen molar-refractivity contribution in [2.75, 3.05) is 39.3 Å². The summed E-state index contributed by atoms with van der Waals surface area (Å²) in [5, 5.41) is 0. The molecule has 0 aromatic rings. The van der Waals surface area contributed by atoms with Crippen molar-refractivity contribution in [3.63, 3.8) is 0 Å². The Morgan fingerprint density at radius 1 is 1.04 bits per heavy atom. The lowest BCUT2D eigenvalue weighted by Gasteiger charge is -2.48. The molecule has 5 heteroatoms. The van der Waals surface area contributed by atoms with Gasteiger partial charge in [0.1, 0.15) is 6.04 Å². The minimum absolute atomic E-state index is 0.0830. The Kier molecular flexibility index (Phi) is 6.81. The molecule has 3 rings (SSSR count). The van der Waals surface area contributed by atoms with Gasteiger partial charge in [0.05, 0.1) is 5.92 Å². The fourth-order valence-electron chi connectivity index (χ4n) is 5.22. The summed E-state index contributed by atoms with van der Waals surface area (Å²) in [5.41, 5.74) is 0. The van der Waals surface area contributed by atoms with Gasteiger partial charge in [-0.3, -0.25) is 14.6 Å². The van der Waals surface area contributed by atoms with Crippen molar-refractivity contribution >= 4 is 5.91 Å². The summed E-state index contributed by atoms with van der Waals surface area (Å²) >= 11 is 0. The number of amides is 1. The van der Waals surface area contributed by atoms with Crippen LogP contribution in [0.4, 0.5) is 0 Å². The quantitative estimate of drug-likeness (QED) is 0.693. The lowest BCUT2D eigenvalue weighted by Crippen LogP contribution is -2.63. The third-order valence-electron chi connectivity index (χ3n) is 7.29. The maximum Gasteiger partial charge on any atom is 0.236 e. The van der Waals surface area contributed by atoms with Crippen molar-refractivity contribution in [3.05, 3.63) is 11.4 Å². The van der Waals surface area contributed by atoms with Gasteiger partial charge in [0.25, 0.3) is 0 Å². The molecule has 1 saturated carbocycles. The van der Waals surface area contributed by atoms with E-state index >= 15 is 0 Å². The molecule has 3 aliphatic rings. The molecular formula is C22H38N4O. The summed E-state index contributed by atoms with van der Waals surface area (Å²) in [5.74, 6) is 2.12. The van der Waals surface area contributed by atoms with Crippen LogP contribution in [0.3, 0.4) is 0 Å². The number of hydrogen-bond acceptors (Lipinski definition) is 3. The van der Waals surface area contributed by atoms with Gasteiger partial charge in [0.2, 0.25) is 12.5 Å². The zero-order valence-corrected chi connectivity index (χ0v) is 17.7. The van der Waals surface area contributed by atoms with Crippen LogP contribution >= 0.6 is 0 Å². The van der Waals surface area contributed by atoms with Crippen molar-refractivity contribution in [1.29, 1.82) is 0 Å². The third kappa shape index (κ3) is 4.66. The number of piperazine rings is 1. The van der Waals surface area contributed by atoms with Crippen LogP contribution in [-0.4, -0.2) is 78.0 Å². The maximum atomic E-state index is 13.0. The standard InChI is InChI=1S/C22H38N4O/c1-16(2)18-6-8-20(9-7-18)24-10-11-26(21(15-24)12-23-5)22(27)19-13-25(14-19)17(3)4/h16-21H,6-15H2,1-4H3/t18?,20?,21-/m0/s1. The van der Waals surface area contributed by atoms with Gasteiger partial charge in [0.15, 0.2) is 0 Å². The van der Waals surface area contributed by atoms with Crippen LogP contribution in [0, 0.1) is 24.3 Å². The first-order valence-corrected chi connectivity index (χ1v) is 11.0. The first kappa shape index (κ1) is 20.6. The summed E-state index contributed by atoms with van der Waals surface area (Å²) in [4.78, 5) is 23.7. The van der Waals surface area contributed by atoms with Crippen molar-refractivity contribution < 1.29 is 4.79 Å². The monoisotopic (exact) mass is 374 g/mol. The molecular weight excluding hydrogens is 336 g/mol. The number of carbonyl (C=O) groups is 1. The van der Waals surface area contributed by atoms with Crippen molar-refractivity contribution in [2.45, 2.75) is 71.5 Å². The van der Waals surface area contributed by atoms with Crippen LogP contribution in [-0.2, 0) is 4.79 Å². The van der Waals surface area contributed by atoms with E-state index in [0.717, 1.165) is 44.6 Å². The molecule has 0 bridgehead atoms. The van der Waals surface area contributed by atoms with E-state index in [-0.39, 0.29) is 12.0 Å². The number of rotatable bonds is 5. The zero-order chi connectivity index (χ0) is 19.6. The molecule has 2 saturated heterocycles. The Bertz CT molecular complexity index is 541. The number of likely N-dealkylation sites (tertiary alicyclic amines) is 1. The molecule has 0 radical (unpaired) electrons. The largest absolute Gasteiger partial charge is 0.329 e. The fraction of sp³-hybridized carbons (Fsp3) is 0.909. The molecule has 0 aromatic heterocycles. The second kappa shape index (κ2) is 8.92.